The maximum atomic E-state index is 10.9. The second-order valence-electron chi connectivity index (χ2n) is 3.90. The molecule has 2 rings (SSSR count). The van der Waals surface area contributed by atoms with Gasteiger partial charge in [0.25, 0.3) is 10.1 Å². The summed E-state index contributed by atoms with van der Waals surface area (Å²) in [5.41, 5.74) is 2.85. The monoisotopic (exact) mass is 263 g/mol. The van der Waals surface area contributed by atoms with E-state index < -0.39 is 10.1 Å². The fourth-order valence-electron chi connectivity index (χ4n) is 1.56. The van der Waals surface area contributed by atoms with Crippen LogP contribution in [0.1, 0.15) is 5.56 Å². The maximum absolute atomic E-state index is 10.9. The van der Waals surface area contributed by atoms with Crippen LogP contribution in [0, 0.1) is 0 Å². The van der Waals surface area contributed by atoms with Crippen LogP contribution < -0.4 is 0 Å². The van der Waals surface area contributed by atoms with Crippen molar-refractivity contribution in [1.82, 2.24) is 4.98 Å². The zero-order valence-corrected chi connectivity index (χ0v) is 10.7. The zero-order chi connectivity index (χ0) is 13.0. The molecule has 0 fully saturated rings. The second kappa shape index (κ2) is 5.29. The average molecular weight is 263 g/mol. The molecule has 0 radical (unpaired) electrons. The summed E-state index contributed by atoms with van der Waals surface area (Å²) in [6, 6.07) is 11.4. The lowest BCUT2D eigenvalue weighted by Crippen LogP contribution is -2.02. The Morgan fingerprint density at radius 3 is 2.50 bits per heavy atom. The van der Waals surface area contributed by atoms with Crippen molar-refractivity contribution >= 4 is 10.1 Å². The lowest BCUT2D eigenvalue weighted by molar-refractivity contribution is 0.312. The van der Waals surface area contributed by atoms with Gasteiger partial charge in [0, 0.05) is 12.4 Å². The summed E-state index contributed by atoms with van der Waals surface area (Å²) in [6.07, 6.45) is 4.48. The molecular formula is C13H13NO3S. The van der Waals surface area contributed by atoms with Crippen LogP contribution in [0.5, 0.6) is 0 Å². The molecular weight excluding hydrogens is 250 g/mol. The van der Waals surface area contributed by atoms with E-state index in [2.05, 4.69) is 4.98 Å². The van der Waals surface area contributed by atoms with Crippen LogP contribution in [0.2, 0.25) is 0 Å². The molecule has 0 spiro atoms. The van der Waals surface area contributed by atoms with Gasteiger partial charge in [-0.05, 0) is 34.9 Å². The van der Waals surface area contributed by atoms with E-state index in [-0.39, 0.29) is 6.61 Å². The van der Waals surface area contributed by atoms with Crippen molar-refractivity contribution in [2.24, 2.45) is 0 Å². The number of hydrogen-bond donors (Lipinski definition) is 0. The van der Waals surface area contributed by atoms with E-state index >= 15 is 0 Å². The highest BCUT2D eigenvalue weighted by Crippen LogP contribution is 2.19. The van der Waals surface area contributed by atoms with Crippen LogP contribution in [-0.2, 0) is 20.9 Å². The Morgan fingerprint density at radius 2 is 1.83 bits per heavy atom. The highest BCUT2D eigenvalue weighted by atomic mass is 32.2. The molecule has 0 unspecified atom stereocenters. The standard InChI is InChI=1S/C13H13NO3S/c1-18(15,16)17-10-11-3-2-4-13(9-11)12-5-7-14-8-6-12/h2-9H,10H2,1H3. The first kappa shape index (κ1) is 12.7. The SMILES string of the molecule is CS(=O)(=O)OCc1cccc(-c2ccncc2)c1. The summed E-state index contributed by atoms with van der Waals surface area (Å²) >= 11 is 0. The Balaban J connectivity index is 2.21. The van der Waals surface area contributed by atoms with Gasteiger partial charge in [0.05, 0.1) is 12.9 Å². The van der Waals surface area contributed by atoms with Crippen molar-refractivity contribution < 1.29 is 12.6 Å². The van der Waals surface area contributed by atoms with Gasteiger partial charge in [0.15, 0.2) is 0 Å². The Morgan fingerprint density at radius 1 is 1.11 bits per heavy atom. The van der Waals surface area contributed by atoms with Crippen LogP contribution >= 0.6 is 0 Å². The molecule has 94 valence electrons. The average Bonchev–Trinajstić information content (AvgIpc) is 2.37. The number of hydrogen-bond acceptors (Lipinski definition) is 4. The minimum atomic E-state index is -3.41. The third kappa shape index (κ3) is 3.65. The smallest absolute Gasteiger partial charge is 0.264 e. The zero-order valence-electron chi connectivity index (χ0n) is 9.91. The summed E-state index contributed by atoms with van der Waals surface area (Å²) in [5, 5.41) is 0. The van der Waals surface area contributed by atoms with Gasteiger partial charge >= 0.3 is 0 Å². The van der Waals surface area contributed by atoms with E-state index in [1.807, 2.05) is 36.4 Å². The molecule has 1 heterocycles. The summed E-state index contributed by atoms with van der Waals surface area (Å²) in [5.74, 6) is 0. The fraction of sp³-hybridized carbons (Fsp3) is 0.154. The number of rotatable bonds is 4. The lowest BCUT2D eigenvalue weighted by atomic mass is 10.0. The molecule has 2 aromatic rings. The summed E-state index contributed by atoms with van der Waals surface area (Å²) in [6.45, 7) is 0.0533. The van der Waals surface area contributed by atoms with Crippen LogP contribution in [-0.4, -0.2) is 19.7 Å². The van der Waals surface area contributed by atoms with Gasteiger partial charge in [-0.3, -0.25) is 9.17 Å². The molecule has 0 saturated heterocycles. The van der Waals surface area contributed by atoms with Crippen molar-refractivity contribution in [2.75, 3.05) is 6.26 Å². The van der Waals surface area contributed by atoms with Gasteiger partial charge in [0.2, 0.25) is 0 Å². The molecule has 0 aliphatic rings. The summed E-state index contributed by atoms with van der Waals surface area (Å²) < 4.78 is 26.6. The molecule has 1 aromatic heterocycles. The number of benzene rings is 1. The lowest BCUT2D eigenvalue weighted by Gasteiger charge is -2.05. The van der Waals surface area contributed by atoms with Gasteiger partial charge in [-0.15, -0.1) is 0 Å². The van der Waals surface area contributed by atoms with Crippen molar-refractivity contribution in [1.29, 1.82) is 0 Å². The minimum Gasteiger partial charge on any atom is -0.265 e. The Labute approximate surface area is 106 Å². The van der Waals surface area contributed by atoms with Gasteiger partial charge in [0.1, 0.15) is 0 Å². The Hall–Kier alpha value is -1.72. The summed E-state index contributed by atoms with van der Waals surface area (Å²) in [4.78, 5) is 3.96. The molecule has 0 saturated carbocycles. The molecule has 0 aliphatic carbocycles. The molecule has 0 bridgehead atoms. The highest BCUT2D eigenvalue weighted by Gasteiger charge is 2.04. The molecule has 0 N–H and O–H groups in total. The third-order valence-electron chi connectivity index (χ3n) is 2.38. The van der Waals surface area contributed by atoms with E-state index in [1.54, 1.807) is 12.4 Å². The number of pyridine rings is 1. The molecule has 1 aromatic carbocycles. The predicted octanol–water partition coefficient (Wildman–Crippen LogP) is 2.22. The van der Waals surface area contributed by atoms with Crippen molar-refractivity contribution in [3.63, 3.8) is 0 Å². The van der Waals surface area contributed by atoms with Gasteiger partial charge in [-0.2, -0.15) is 8.42 Å². The van der Waals surface area contributed by atoms with Gasteiger partial charge in [-0.25, -0.2) is 0 Å². The molecule has 5 heteroatoms. The summed E-state index contributed by atoms with van der Waals surface area (Å²) in [7, 11) is -3.41. The minimum absolute atomic E-state index is 0.0533. The van der Waals surface area contributed by atoms with Crippen molar-refractivity contribution in [2.45, 2.75) is 6.61 Å². The molecule has 4 nitrogen and oxygen atoms in total. The first-order valence-electron chi connectivity index (χ1n) is 5.38. The van der Waals surface area contributed by atoms with Crippen LogP contribution in [0.25, 0.3) is 11.1 Å². The number of aromatic nitrogens is 1. The van der Waals surface area contributed by atoms with E-state index in [4.69, 9.17) is 4.18 Å². The van der Waals surface area contributed by atoms with Crippen molar-refractivity contribution in [3.8, 4) is 11.1 Å². The van der Waals surface area contributed by atoms with Gasteiger partial charge < -0.3 is 0 Å². The fourth-order valence-corrected chi connectivity index (χ4v) is 1.91. The predicted molar refractivity (Wildman–Crippen MR) is 69.3 cm³/mol. The molecule has 0 amide bonds. The van der Waals surface area contributed by atoms with E-state index in [9.17, 15) is 8.42 Å². The van der Waals surface area contributed by atoms with E-state index in [0.29, 0.717) is 0 Å². The van der Waals surface area contributed by atoms with E-state index in [0.717, 1.165) is 22.9 Å². The first-order valence-corrected chi connectivity index (χ1v) is 7.20. The quantitative estimate of drug-likeness (QED) is 0.794. The topological polar surface area (TPSA) is 56.3 Å². The molecule has 0 atom stereocenters. The van der Waals surface area contributed by atoms with Crippen LogP contribution in [0.15, 0.2) is 48.8 Å². The van der Waals surface area contributed by atoms with Gasteiger partial charge in [-0.1, -0.05) is 18.2 Å². The molecule has 0 aliphatic heterocycles. The first-order chi connectivity index (χ1) is 8.54. The third-order valence-corrected chi connectivity index (χ3v) is 2.93. The second-order valence-corrected chi connectivity index (χ2v) is 5.55. The highest BCUT2D eigenvalue weighted by molar-refractivity contribution is 7.85. The molecule has 18 heavy (non-hydrogen) atoms. The van der Waals surface area contributed by atoms with Crippen LogP contribution in [0.4, 0.5) is 0 Å². The van der Waals surface area contributed by atoms with Crippen LogP contribution in [0.3, 0.4) is 0 Å². The number of nitrogens with zero attached hydrogens (tertiary/aromatic N) is 1. The Kier molecular flexibility index (Phi) is 3.74. The normalized spacial score (nSPS) is 11.4. The van der Waals surface area contributed by atoms with E-state index in [1.165, 1.54) is 0 Å². The maximum Gasteiger partial charge on any atom is 0.264 e. The van der Waals surface area contributed by atoms with Crippen molar-refractivity contribution in [3.05, 3.63) is 54.4 Å². The largest absolute Gasteiger partial charge is 0.265 e. The Bertz CT molecular complexity index is 624.